The van der Waals surface area contributed by atoms with Crippen molar-refractivity contribution in [3.8, 4) is 28.5 Å². The number of pyridine rings is 1. The molecular weight excluding hydrogens is 452 g/mol. The van der Waals surface area contributed by atoms with E-state index in [4.69, 9.17) is 4.98 Å². The molecule has 0 aliphatic rings. The summed E-state index contributed by atoms with van der Waals surface area (Å²) in [5.74, 6) is 0. The molecule has 2 nitrogen and oxygen atoms in total. The van der Waals surface area contributed by atoms with Crippen LogP contribution in [0.2, 0.25) is 0 Å². The van der Waals surface area contributed by atoms with Crippen LogP contribution in [-0.2, 0) is 0 Å². The molecule has 0 saturated carbocycles. The second kappa shape index (κ2) is 8.87. The highest BCUT2D eigenvalue weighted by Crippen LogP contribution is 2.37. The fourth-order valence-corrected chi connectivity index (χ4v) is 4.31. The van der Waals surface area contributed by atoms with Crippen molar-refractivity contribution in [3.63, 3.8) is 0 Å². The van der Waals surface area contributed by atoms with Crippen LogP contribution < -0.4 is 0 Å². The molecule has 30 heavy (non-hydrogen) atoms. The monoisotopic (exact) mass is 470 g/mol. The van der Waals surface area contributed by atoms with Gasteiger partial charge in [0.15, 0.2) is 0 Å². The van der Waals surface area contributed by atoms with Gasteiger partial charge in [0.1, 0.15) is 11.1 Å². The van der Waals surface area contributed by atoms with Crippen LogP contribution in [0.4, 0.5) is 0 Å². The first kappa shape index (κ1) is 20.4. The first-order chi connectivity index (χ1) is 14.5. The van der Waals surface area contributed by atoms with Crippen LogP contribution in [0.15, 0.2) is 93.3 Å². The van der Waals surface area contributed by atoms with Crippen molar-refractivity contribution in [1.29, 1.82) is 5.26 Å². The normalized spacial score (nSPS) is 10.6. The molecule has 0 fully saturated rings. The molecule has 0 aliphatic carbocycles. The lowest BCUT2D eigenvalue weighted by molar-refractivity contribution is 1.12. The average Bonchev–Trinajstić information content (AvgIpc) is 2.76. The summed E-state index contributed by atoms with van der Waals surface area (Å²) in [4.78, 5) is 5.96. The van der Waals surface area contributed by atoms with Crippen molar-refractivity contribution in [2.75, 3.05) is 0 Å². The van der Waals surface area contributed by atoms with E-state index in [-0.39, 0.29) is 0 Å². The predicted molar refractivity (Wildman–Crippen MR) is 128 cm³/mol. The van der Waals surface area contributed by atoms with Crippen molar-refractivity contribution in [1.82, 2.24) is 4.98 Å². The number of nitrogens with zero attached hydrogens (tertiary/aromatic N) is 2. The van der Waals surface area contributed by atoms with Crippen LogP contribution in [-0.4, -0.2) is 4.98 Å². The standard InChI is InChI=1S/C26H19BrN2S/c1-17-3-7-20(8-4-17)25-15-23(19-9-11-21(27)12-10-19)24(16-28)26(29-25)30-22-13-5-18(2)6-14-22/h3-15H,1-2H3. The minimum Gasteiger partial charge on any atom is -0.240 e. The van der Waals surface area contributed by atoms with E-state index in [0.29, 0.717) is 5.56 Å². The summed E-state index contributed by atoms with van der Waals surface area (Å²) in [5.41, 5.74) is 6.79. The SMILES string of the molecule is Cc1ccc(Sc2nc(-c3ccc(C)cc3)cc(-c3ccc(Br)cc3)c2C#N)cc1. The Hall–Kier alpha value is -2.87. The highest BCUT2D eigenvalue weighted by atomic mass is 79.9. The maximum atomic E-state index is 10.0. The Balaban J connectivity index is 1.90. The van der Waals surface area contributed by atoms with E-state index >= 15 is 0 Å². The van der Waals surface area contributed by atoms with E-state index in [1.54, 1.807) is 0 Å². The van der Waals surface area contributed by atoms with Crippen molar-refractivity contribution in [3.05, 3.63) is 100 Å². The van der Waals surface area contributed by atoms with Gasteiger partial charge in [0.25, 0.3) is 0 Å². The van der Waals surface area contributed by atoms with E-state index in [1.807, 2.05) is 30.3 Å². The molecule has 0 spiro atoms. The molecule has 0 bridgehead atoms. The number of benzene rings is 3. The van der Waals surface area contributed by atoms with Crippen molar-refractivity contribution < 1.29 is 0 Å². The molecule has 3 aromatic carbocycles. The van der Waals surface area contributed by atoms with Gasteiger partial charge in [0, 0.05) is 20.5 Å². The van der Waals surface area contributed by atoms with E-state index in [2.05, 4.69) is 84.4 Å². The molecule has 4 aromatic rings. The maximum Gasteiger partial charge on any atom is 0.120 e. The number of hydrogen-bond donors (Lipinski definition) is 0. The van der Waals surface area contributed by atoms with Crippen LogP contribution in [0.1, 0.15) is 16.7 Å². The molecule has 0 amide bonds. The van der Waals surface area contributed by atoms with Gasteiger partial charge < -0.3 is 0 Å². The third-order valence-electron chi connectivity index (χ3n) is 4.84. The molecule has 4 rings (SSSR count). The first-order valence-corrected chi connectivity index (χ1v) is 11.2. The van der Waals surface area contributed by atoms with Gasteiger partial charge in [-0.05, 0) is 49.7 Å². The molecule has 0 atom stereocenters. The van der Waals surface area contributed by atoms with Gasteiger partial charge in [0.05, 0.1) is 11.3 Å². The zero-order chi connectivity index (χ0) is 21.1. The van der Waals surface area contributed by atoms with Gasteiger partial charge in [0.2, 0.25) is 0 Å². The minimum atomic E-state index is 0.596. The second-order valence-corrected chi connectivity index (χ2v) is 9.11. The minimum absolute atomic E-state index is 0.596. The van der Waals surface area contributed by atoms with Crippen LogP contribution in [0.5, 0.6) is 0 Å². The van der Waals surface area contributed by atoms with Gasteiger partial charge >= 0.3 is 0 Å². The van der Waals surface area contributed by atoms with Gasteiger partial charge in [-0.15, -0.1) is 0 Å². The highest BCUT2D eigenvalue weighted by Gasteiger charge is 2.16. The molecular formula is C26H19BrN2S. The topological polar surface area (TPSA) is 36.7 Å². The van der Waals surface area contributed by atoms with E-state index in [0.717, 1.165) is 36.8 Å². The largest absolute Gasteiger partial charge is 0.240 e. The van der Waals surface area contributed by atoms with Crippen LogP contribution in [0, 0.1) is 25.2 Å². The fraction of sp³-hybridized carbons (Fsp3) is 0.0769. The number of halogens is 1. The molecule has 0 aliphatic heterocycles. The summed E-state index contributed by atoms with van der Waals surface area (Å²) < 4.78 is 1.01. The molecule has 0 radical (unpaired) electrons. The molecule has 0 N–H and O–H groups in total. The third-order valence-corrected chi connectivity index (χ3v) is 6.36. The van der Waals surface area contributed by atoms with Crippen molar-refractivity contribution >= 4 is 27.7 Å². The first-order valence-electron chi connectivity index (χ1n) is 9.56. The fourth-order valence-electron chi connectivity index (χ4n) is 3.15. The Kier molecular flexibility index (Phi) is 6.03. The lowest BCUT2D eigenvalue weighted by Crippen LogP contribution is -1.96. The summed E-state index contributed by atoms with van der Waals surface area (Å²) in [6.07, 6.45) is 0. The Bertz CT molecular complexity index is 1220. The quantitative estimate of drug-likeness (QED) is 0.305. The summed E-state index contributed by atoms with van der Waals surface area (Å²) >= 11 is 5.02. The average molecular weight is 471 g/mol. The lowest BCUT2D eigenvalue weighted by Gasteiger charge is -2.13. The number of aromatic nitrogens is 1. The van der Waals surface area contributed by atoms with Gasteiger partial charge in [-0.3, -0.25) is 0 Å². The summed E-state index contributed by atoms with van der Waals surface area (Å²) in [6.45, 7) is 4.14. The van der Waals surface area contributed by atoms with Crippen molar-refractivity contribution in [2.24, 2.45) is 0 Å². The third kappa shape index (κ3) is 4.48. The molecule has 0 saturated heterocycles. The summed E-state index contributed by atoms with van der Waals surface area (Å²) in [5, 5.41) is 10.7. The molecule has 0 unspecified atom stereocenters. The Labute approximate surface area is 189 Å². The van der Waals surface area contributed by atoms with Gasteiger partial charge in [-0.1, -0.05) is 87.3 Å². The molecule has 4 heteroatoms. The van der Waals surface area contributed by atoms with E-state index in [1.165, 1.54) is 22.9 Å². The van der Waals surface area contributed by atoms with E-state index in [9.17, 15) is 5.26 Å². The van der Waals surface area contributed by atoms with E-state index < -0.39 is 0 Å². The second-order valence-electron chi connectivity index (χ2n) is 7.14. The number of nitriles is 1. The predicted octanol–water partition coefficient (Wildman–Crippen LogP) is 7.82. The highest BCUT2D eigenvalue weighted by molar-refractivity contribution is 9.10. The van der Waals surface area contributed by atoms with Crippen molar-refractivity contribution in [2.45, 2.75) is 23.8 Å². The Morgan fingerprint density at radius 3 is 1.97 bits per heavy atom. The summed E-state index contributed by atoms with van der Waals surface area (Å²) in [7, 11) is 0. The molecule has 1 heterocycles. The molecule has 146 valence electrons. The number of hydrogen-bond acceptors (Lipinski definition) is 3. The summed E-state index contributed by atoms with van der Waals surface area (Å²) in [6, 6.07) is 29.1. The molecule has 1 aromatic heterocycles. The smallest absolute Gasteiger partial charge is 0.120 e. The van der Waals surface area contributed by atoms with Gasteiger partial charge in [-0.25, -0.2) is 4.98 Å². The van der Waals surface area contributed by atoms with Crippen LogP contribution >= 0.6 is 27.7 Å². The van der Waals surface area contributed by atoms with Gasteiger partial charge in [-0.2, -0.15) is 5.26 Å². The zero-order valence-corrected chi connectivity index (χ0v) is 19.1. The number of rotatable bonds is 4. The number of aryl methyl sites for hydroxylation is 2. The Morgan fingerprint density at radius 1 is 0.800 bits per heavy atom. The zero-order valence-electron chi connectivity index (χ0n) is 16.7. The lowest BCUT2D eigenvalue weighted by atomic mass is 9.99. The van der Waals surface area contributed by atoms with Crippen LogP contribution in [0.25, 0.3) is 22.4 Å². The Morgan fingerprint density at radius 2 is 1.37 bits per heavy atom. The van der Waals surface area contributed by atoms with Crippen LogP contribution in [0.3, 0.4) is 0 Å². The maximum absolute atomic E-state index is 10.0.